The van der Waals surface area contributed by atoms with Gasteiger partial charge in [-0.3, -0.25) is 9.36 Å². The van der Waals surface area contributed by atoms with Gasteiger partial charge in [-0.15, -0.1) is 10.2 Å². The second kappa shape index (κ2) is 11.2. The third-order valence-electron chi connectivity index (χ3n) is 4.72. The highest BCUT2D eigenvalue weighted by molar-refractivity contribution is 7.99. The van der Waals surface area contributed by atoms with Crippen molar-refractivity contribution in [1.29, 1.82) is 0 Å². The van der Waals surface area contributed by atoms with Crippen molar-refractivity contribution in [2.24, 2.45) is 0 Å². The second-order valence-electron chi connectivity index (χ2n) is 7.08. The zero-order valence-electron chi connectivity index (χ0n) is 18.3. The molecule has 1 aromatic heterocycles. The van der Waals surface area contributed by atoms with Gasteiger partial charge in [0.2, 0.25) is 5.91 Å². The molecule has 0 spiro atoms. The number of carbonyl (C=O) groups is 1. The fourth-order valence-electron chi connectivity index (χ4n) is 3.21. The minimum Gasteiger partial charge on any atom is -0.494 e. The van der Waals surface area contributed by atoms with Crippen molar-refractivity contribution in [2.75, 3.05) is 23.0 Å². The summed E-state index contributed by atoms with van der Waals surface area (Å²) in [7, 11) is 0. The number of carbonyl (C=O) groups excluding carboxylic acids is 1. The molecule has 0 aliphatic carbocycles. The number of anilines is 2. The Labute approximate surface area is 197 Å². The molecule has 33 heavy (non-hydrogen) atoms. The molecule has 7 nitrogen and oxygen atoms in total. The molecule has 0 fully saturated rings. The topological polar surface area (TPSA) is 81.1 Å². The maximum atomic E-state index is 12.4. The van der Waals surface area contributed by atoms with E-state index in [2.05, 4.69) is 20.8 Å². The van der Waals surface area contributed by atoms with Crippen molar-refractivity contribution in [3.05, 3.63) is 90.8 Å². The lowest BCUT2D eigenvalue weighted by atomic mass is 10.3. The van der Waals surface area contributed by atoms with Crippen LogP contribution in [-0.2, 0) is 11.3 Å². The Hall–Kier alpha value is -3.78. The number of hydrogen-bond acceptors (Lipinski definition) is 6. The van der Waals surface area contributed by atoms with Crippen molar-refractivity contribution in [1.82, 2.24) is 14.8 Å². The van der Waals surface area contributed by atoms with Gasteiger partial charge in [0.1, 0.15) is 5.75 Å². The minimum atomic E-state index is -0.0946. The predicted molar refractivity (Wildman–Crippen MR) is 132 cm³/mol. The van der Waals surface area contributed by atoms with Crippen LogP contribution in [0.3, 0.4) is 0 Å². The van der Waals surface area contributed by atoms with E-state index in [4.69, 9.17) is 4.74 Å². The van der Waals surface area contributed by atoms with Gasteiger partial charge in [-0.2, -0.15) is 0 Å². The SMILES string of the molecule is CCOc1ccc(NCc2nnc(SCC(=O)Nc3ccccc3)n2-c2ccccc2)cc1. The fourth-order valence-corrected chi connectivity index (χ4v) is 3.98. The first-order valence-corrected chi connectivity index (χ1v) is 11.7. The van der Waals surface area contributed by atoms with E-state index in [1.807, 2.05) is 96.4 Å². The Kier molecular flexibility index (Phi) is 7.60. The quantitative estimate of drug-likeness (QED) is 0.325. The van der Waals surface area contributed by atoms with E-state index >= 15 is 0 Å². The largest absolute Gasteiger partial charge is 0.494 e. The normalized spacial score (nSPS) is 10.6. The summed E-state index contributed by atoms with van der Waals surface area (Å²) in [5, 5.41) is 15.7. The molecular weight excluding hydrogens is 434 g/mol. The molecule has 0 unspecified atom stereocenters. The van der Waals surface area contributed by atoms with Crippen molar-refractivity contribution in [2.45, 2.75) is 18.6 Å². The lowest BCUT2D eigenvalue weighted by Crippen LogP contribution is -2.14. The van der Waals surface area contributed by atoms with Crippen LogP contribution in [0.1, 0.15) is 12.7 Å². The summed E-state index contributed by atoms with van der Waals surface area (Å²) in [6, 6.07) is 27.1. The lowest BCUT2D eigenvalue weighted by Gasteiger charge is -2.12. The molecule has 2 N–H and O–H groups in total. The van der Waals surface area contributed by atoms with E-state index in [1.165, 1.54) is 11.8 Å². The molecule has 0 bridgehead atoms. The molecule has 0 aliphatic rings. The van der Waals surface area contributed by atoms with Gasteiger partial charge in [0.25, 0.3) is 0 Å². The number of nitrogens with zero attached hydrogens (tertiary/aromatic N) is 3. The molecule has 0 radical (unpaired) electrons. The first-order valence-electron chi connectivity index (χ1n) is 10.7. The highest BCUT2D eigenvalue weighted by Gasteiger charge is 2.16. The van der Waals surface area contributed by atoms with Crippen LogP contribution in [0.15, 0.2) is 90.1 Å². The third kappa shape index (κ3) is 6.14. The average molecular weight is 460 g/mol. The van der Waals surface area contributed by atoms with Crippen molar-refractivity contribution < 1.29 is 9.53 Å². The number of nitrogens with one attached hydrogen (secondary N) is 2. The Balaban J connectivity index is 1.46. The van der Waals surface area contributed by atoms with Crippen molar-refractivity contribution >= 4 is 29.0 Å². The number of hydrogen-bond donors (Lipinski definition) is 2. The number of thioether (sulfide) groups is 1. The molecule has 8 heteroatoms. The van der Waals surface area contributed by atoms with Crippen molar-refractivity contribution in [3.63, 3.8) is 0 Å². The Bertz CT molecular complexity index is 1160. The molecule has 1 heterocycles. The van der Waals surface area contributed by atoms with E-state index in [-0.39, 0.29) is 11.7 Å². The molecule has 1 amide bonds. The summed E-state index contributed by atoms with van der Waals surface area (Å²) in [5.74, 6) is 1.72. The molecule has 0 saturated carbocycles. The predicted octanol–water partition coefficient (Wildman–Crippen LogP) is 5.01. The Morgan fingerprint density at radius 2 is 1.61 bits per heavy atom. The second-order valence-corrected chi connectivity index (χ2v) is 8.03. The van der Waals surface area contributed by atoms with Gasteiger partial charge < -0.3 is 15.4 Å². The summed E-state index contributed by atoms with van der Waals surface area (Å²) in [6.45, 7) is 3.08. The number of amides is 1. The molecule has 0 atom stereocenters. The summed E-state index contributed by atoms with van der Waals surface area (Å²) in [4.78, 5) is 12.4. The zero-order chi connectivity index (χ0) is 22.9. The first-order chi connectivity index (χ1) is 16.2. The minimum absolute atomic E-state index is 0.0946. The van der Waals surface area contributed by atoms with Crippen LogP contribution in [0.2, 0.25) is 0 Å². The van der Waals surface area contributed by atoms with E-state index < -0.39 is 0 Å². The zero-order valence-corrected chi connectivity index (χ0v) is 19.1. The fraction of sp³-hybridized carbons (Fsp3) is 0.160. The van der Waals surface area contributed by atoms with E-state index in [1.54, 1.807) is 0 Å². The van der Waals surface area contributed by atoms with E-state index in [9.17, 15) is 4.79 Å². The molecular formula is C25H25N5O2S. The van der Waals surface area contributed by atoms with Crippen LogP contribution in [0.25, 0.3) is 5.69 Å². The maximum absolute atomic E-state index is 12.4. The number of benzene rings is 3. The Morgan fingerprint density at radius 1 is 0.909 bits per heavy atom. The average Bonchev–Trinajstić information content (AvgIpc) is 3.26. The summed E-state index contributed by atoms with van der Waals surface area (Å²) in [5.41, 5.74) is 2.67. The lowest BCUT2D eigenvalue weighted by molar-refractivity contribution is -0.113. The molecule has 4 rings (SSSR count). The highest BCUT2D eigenvalue weighted by Crippen LogP contribution is 2.23. The van der Waals surface area contributed by atoms with Gasteiger partial charge in [0, 0.05) is 17.1 Å². The summed E-state index contributed by atoms with van der Waals surface area (Å²) >= 11 is 1.35. The molecule has 3 aromatic carbocycles. The summed E-state index contributed by atoms with van der Waals surface area (Å²) < 4.78 is 7.47. The number of ether oxygens (including phenoxy) is 1. The van der Waals surface area contributed by atoms with E-state index in [0.717, 1.165) is 28.6 Å². The standard InChI is InChI=1S/C25H25N5O2S/c1-2-32-22-15-13-19(14-16-22)26-17-23-28-29-25(30(23)21-11-7-4-8-12-21)33-18-24(31)27-20-9-5-3-6-10-20/h3-16,26H,2,17-18H2,1H3,(H,27,31). The molecule has 0 aliphatic heterocycles. The number of para-hydroxylation sites is 2. The molecule has 168 valence electrons. The summed E-state index contributed by atoms with van der Waals surface area (Å²) in [6.07, 6.45) is 0. The van der Waals surface area contributed by atoms with Gasteiger partial charge in [0.15, 0.2) is 11.0 Å². The monoisotopic (exact) mass is 459 g/mol. The number of aromatic nitrogens is 3. The van der Waals surface area contributed by atoms with Gasteiger partial charge in [0.05, 0.1) is 18.9 Å². The van der Waals surface area contributed by atoms with E-state index in [0.29, 0.717) is 18.3 Å². The van der Waals surface area contributed by atoms with Gasteiger partial charge in [-0.25, -0.2) is 0 Å². The van der Waals surface area contributed by atoms with Crippen LogP contribution < -0.4 is 15.4 Å². The van der Waals surface area contributed by atoms with Crippen LogP contribution >= 0.6 is 11.8 Å². The number of rotatable bonds is 10. The van der Waals surface area contributed by atoms with Gasteiger partial charge >= 0.3 is 0 Å². The third-order valence-corrected chi connectivity index (χ3v) is 5.65. The molecule has 4 aromatic rings. The smallest absolute Gasteiger partial charge is 0.234 e. The van der Waals surface area contributed by atoms with Crippen LogP contribution in [0.5, 0.6) is 5.75 Å². The first kappa shape index (κ1) is 22.4. The van der Waals surface area contributed by atoms with Crippen LogP contribution in [0.4, 0.5) is 11.4 Å². The van der Waals surface area contributed by atoms with Gasteiger partial charge in [-0.1, -0.05) is 48.2 Å². The highest BCUT2D eigenvalue weighted by atomic mass is 32.2. The Morgan fingerprint density at radius 3 is 2.30 bits per heavy atom. The van der Waals surface area contributed by atoms with Crippen LogP contribution in [0, 0.1) is 0 Å². The van der Waals surface area contributed by atoms with Crippen molar-refractivity contribution in [3.8, 4) is 11.4 Å². The molecule has 0 saturated heterocycles. The maximum Gasteiger partial charge on any atom is 0.234 e. The van der Waals surface area contributed by atoms with Gasteiger partial charge in [-0.05, 0) is 55.5 Å². The van der Waals surface area contributed by atoms with Crippen LogP contribution in [-0.4, -0.2) is 33.0 Å².